The Balaban J connectivity index is 1.84. The van der Waals surface area contributed by atoms with Crippen molar-refractivity contribution in [1.29, 1.82) is 0 Å². The van der Waals surface area contributed by atoms with Crippen LogP contribution in [0.4, 0.5) is 0 Å². The van der Waals surface area contributed by atoms with E-state index in [1.807, 2.05) is 19.1 Å². The van der Waals surface area contributed by atoms with Gasteiger partial charge in [0.2, 0.25) is 0 Å². The summed E-state index contributed by atoms with van der Waals surface area (Å²) in [6, 6.07) is 6.17. The van der Waals surface area contributed by atoms with Crippen LogP contribution in [0.2, 0.25) is 0 Å². The van der Waals surface area contributed by atoms with Crippen molar-refractivity contribution in [2.75, 3.05) is 20.1 Å². The van der Waals surface area contributed by atoms with Gasteiger partial charge in [-0.15, -0.1) is 0 Å². The summed E-state index contributed by atoms with van der Waals surface area (Å²) in [6.07, 6.45) is 1.77. The molecule has 4 heteroatoms. The van der Waals surface area contributed by atoms with Crippen LogP contribution in [0.3, 0.4) is 0 Å². The van der Waals surface area contributed by atoms with Crippen LogP contribution in [0.15, 0.2) is 22.7 Å². The predicted octanol–water partition coefficient (Wildman–Crippen LogP) is 2.46. The second-order valence-corrected chi connectivity index (χ2v) is 6.01. The van der Waals surface area contributed by atoms with Crippen LogP contribution < -0.4 is 4.74 Å². The first kappa shape index (κ1) is 13.8. The van der Waals surface area contributed by atoms with Gasteiger partial charge in [-0.05, 0) is 44.2 Å². The lowest BCUT2D eigenvalue weighted by Gasteiger charge is -2.21. The van der Waals surface area contributed by atoms with E-state index in [9.17, 15) is 5.11 Å². The molecule has 0 saturated heterocycles. The van der Waals surface area contributed by atoms with Gasteiger partial charge in [0.25, 0.3) is 0 Å². The van der Waals surface area contributed by atoms with Gasteiger partial charge in [0, 0.05) is 24.0 Å². The zero-order valence-electron chi connectivity index (χ0n) is 10.9. The summed E-state index contributed by atoms with van der Waals surface area (Å²) in [5.74, 6) is 1.01. The van der Waals surface area contributed by atoms with Crippen LogP contribution in [0, 0.1) is 0 Å². The summed E-state index contributed by atoms with van der Waals surface area (Å²) in [6.45, 7) is 3.63. The van der Waals surface area contributed by atoms with Crippen LogP contribution >= 0.6 is 15.9 Å². The molecule has 2 rings (SSSR count). The van der Waals surface area contributed by atoms with Crippen molar-refractivity contribution in [3.8, 4) is 5.75 Å². The number of ether oxygens (including phenoxy) is 1. The van der Waals surface area contributed by atoms with Gasteiger partial charge in [0.05, 0.1) is 6.10 Å². The molecule has 2 atom stereocenters. The molecule has 0 radical (unpaired) electrons. The normalized spacial score (nSPS) is 19.7. The minimum Gasteiger partial charge on any atom is -0.488 e. The number of fused-ring (bicyclic) bond motifs is 1. The standard InChI is InChI=1S/C14H20BrNO2/c1-10(17)5-6-16(2)9-13-8-11-7-12(15)3-4-14(11)18-13/h3-4,7,10,13,17H,5-6,8-9H2,1-2H3. The molecule has 0 bridgehead atoms. The smallest absolute Gasteiger partial charge is 0.123 e. The summed E-state index contributed by atoms with van der Waals surface area (Å²) in [4.78, 5) is 2.22. The van der Waals surface area contributed by atoms with Gasteiger partial charge in [-0.25, -0.2) is 0 Å². The van der Waals surface area contributed by atoms with Crippen molar-refractivity contribution in [3.05, 3.63) is 28.2 Å². The molecule has 0 fully saturated rings. The molecule has 100 valence electrons. The number of aliphatic hydroxyl groups is 1. The number of halogens is 1. The maximum atomic E-state index is 9.27. The van der Waals surface area contributed by atoms with Crippen LogP contribution in [-0.2, 0) is 6.42 Å². The molecular formula is C14H20BrNO2. The molecule has 1 aliphatic rings. The summed E-state index contributed by atoms with van der Waals surface area (Å²) >= 11 is 3.48. The van der Waals surface area contributed by atoms with Gasteiger partial charge in [-0.2, -0.15) is 0 Å². The number of hydrogen-bond donors (Lipinski definition) is 1. The fourth-order valence-electron chi connectivity index (χ4n) is 2.24. The highest BCUT2D eigenvalue weighted by molar-refractivity contribution is 9.10. The highest BCUT2D eigenvalue weighted by Crippen LogP contribution is 2.31. The molecule has 1 N–H and O–H groups in total. The highest BCUT2D eigenvalue weighted by Gasteiger charge is 2.23. The summed E-state index contributed by atoms with van der Waals surface area (Å²) in [7, 11) is 2.07. The first-order valence-corrected chi connectivity index (χ1v) is 7.15. The predicted molar refractivity (Wildman–Crippen MR) is 76.1 cm³/mol. The number of nitrogens with zero attached hydrogens (tertiary/aromatic N) is 1. The van der Waals surface area contributed by atoms with Crippen molar-refractivity contribution in [2.45, 2.75) is 32.0 Å². The second kappa shape index (κ2) is 6.04. The molecule has 3 nitrogen and oxygen atoms in total. The van der Waals surface area contributed by atoms with E-state index < -0.39 is 0 Å². The van der Waals surface area contributed by atoms with Crippen molar-refractivity contribution in [3.63, 3.8) is 0 Å². The SMILES string of the molecule is CC(O)CCN(C)CC1Cc2cc(Br)ccc2O1. The molecule has 1 heterocycles. The van der Waals surface area contributed by atoms with Crippen molar-refractivity contribution >= 4 is 15.9 Å². The molecule has 1 aromatic carbocycles. The Morgan fingerprint density at radius 3 is 3.06 bits per heavy atom. The van der Waals surface area contributed by atoms with Crippen LogP contribution in [0.5, 0.6) is 5.75 Å². The van der Waals surface area contributed by atoms with Gasteiger partial charge in [0.15, 0.2) is 0 Å². The number of rotatable bonds is 5. The van der Waals surface area contributed by atoms with Crippen molar-refractivity contribution in [1.82, 2.24) is 4.90 Å². The van der Waals surface area contributed by atoms with Crippen LogP contribution in [0.25, 0.3) is 0 Å². The summed E-state index contributed by atoms with van der Waals surface area (Å²) in [5, 5.41) is 9.27. The van der Waals surface area contributed by atoms with Gasteiger partial charge in [0.1, 0.15) is 11.9 Å². The number of benzene rings is 1. The van der Waals surface area contributed by atoms with Gasteiger partial charge in [-0.1, -0.05) is 15.9 Å². The van der Waals surface area contributed by atoms with Gasteiger partial charge >= 0.3 is 0 Å². The molecule has 18 heavy (non-hydrogen) atoms. The van der Waals surface area contributed by atoms with Crippen LogP contribution in [0.1, 0.15) is 18.9 Å². The van der Waals surface area contributed by atoms with E-state index >= 15 is 0 Å². The molecule has 0 amide bonds. The lowest BCUT2D eigenvalue weighted by Crippen LogP contribution is -2.33. The largest absolute Gasteiger partial charge is 0.488 e. The Morgan fingerprint density at radius 2 is 2.33 bits per heavy atom. The third kappa shape index (κ3) is 3.70. The quantitative estimate of drug-likeness (QED) is 0.906. The van der Waals surface area contributed by atoms with Gasteiger partial charge in [-0.3, -0.25) is 0 Å². The van der Waals surface area contributed by atoms with E-state index in [-0.39, 0.29) is 12.2 Å². The fraction of sp³-hybridized carbons (Fsp3) is 0.571. The molecule has 0 aromatic heterocycles. The van der Waals surface area contributed by atoms with E-state index in [0.717, 1.165) is 36.2 Å². The first-order chi connectivity index (χ1) is 8.54. The lowest BCUT2D eigenvalue weighted by atomic mass is 10.1. The minimum absolute atomic E-state index is 0.230. The van der Waals surface area contributed by atoms with Crippen molar-refractivity contribution < 1.29 is 9.84 Å². The van der Waals surface area contributed by atoms with E-state index in [2.05, 4.69) is 33.9 Å². The molecule has 0 aliphatic carbocycles. The molecule has 0 saturated carbocycles. The summed E-state index contributed by atoms with van der Waals surface area (Å²) in [5.41, 5.74) is 1.28. The second-order valence-electron chi connectivity index (χ2n) is 5.10. The van der Waals surface area contributed by atoms with Crippen LogP contribution in [-0.4, -0.2) is 42.4 Å². The third-order valence-electron chi connectivity index (χ3n) is 3.21. The molecule has 0 spiro atoms. The van der Waals surface area contributed by atoms with E-state index in [0.29, 0.717) is 0 Å². The highest BCUT2D eigenvalue weighted by atomic mass is 79.9. The van der Waals surface area contributed by atoms with Gasteiger partial charge < -0.3 is 14.7 Å². The Bertz CT molecular complexity index is 409. The topological polar surface area (TPSA) is 32.7 Å². The van der Waals surface area contributed by atoms with E-state index in [1.165, 1.54) is 5.56 Å². The van der Waals surface area contributed by atoms with E-state index in [1.54, 1.807) is 0 Å². The minimum atomic E-state index is -0.231. The molecule has 1 aliphatic heterocycles. The average Bonchev–Trinajstić information content (AvgIpc) is 2.67. The number of hydrogen-bond acceptors (Lipinski definition) is 3. The molecule has 1 aromatic rings. The third-order valence-corrected chi connectivity index (χ3v) is 3.70. The van der Waals surface area contributed by atoms with E-state index in [4.69, 9.17) is 4.74 Å². The Labute approximate surface area is 117 Å². The maximum Gasteiger partial charge on any atom is 0.123 e. The maximum absolute atomic E-state index is 9.27. The summed E-state index contributed by atoms with van der Waals surface area (Å²) < 4.78 is 7.02. The Hall–Kier alpha value is -0.580. The Morgan fingerprint density at radius 1 is 1.56 bits per heavy atom. The zero-order chi connectivity index (χ0) is 13.1. The number of aliphatic hydroxyl groups excluding tert-OH is 1. The Kier molecular flexibility index (Phi) is 4.65. The molecular weight excluding hydrogens is 294 g/mol. The molecule has 2 unspecified atom stereocenters. The fourth-order valence-corrected chi connectivity index (χ4v) is 2.65. The number of likely N-dealkylation sites (N-methyl/N-ethyl adjacent to an activating group) is 1. The lowest BCUT2D eigenvalue weighted by molar-refractivity contribution is 0.136. The first-order valence-electron chi connectivity index (χ1n) is 6.36. The van der Waals surface area contributed by atoms with Crippen molar-refractivity contribution in [2.24, 2.45) is 0 Å². The average molecular weight is 314 g/mol. The zero-order valence-corrected chi connectivity index (χ0v) is 12.5. The monoisotopic (exact) mass is 313 g/mol.